The molecule has 1 fully saturated rings. The summed E-state index contributed by atoms with van der Waals surface area (Å²) in [7, 11) is 1.64. The lowest BCUT2D eigenvalue weighted by Crippen LogP contribution is -2.06. The zero-order valence-electron chi connectivity index (χ0n) is 10.6. The van der Waals surface area contributed by atoms with Crippen molar-refractivity contribution in [3.63, 3.8) is 0 Å². The van der Waals surface area contributed by atoms with Crippen molar-refractivity contribution in [1.82, 2.24) is 15.2 Å². The Morgan fingerprint density at radius 1 is 1.21 bits per heavy atom. The molecule has 0 aliphatic heterocycles. The molecule has 0 unspecified atom stereocenters. The smallest absolute Gasteiger partial charge is 0.249 e. The molecule has 1 aliphatic carbocycles. The lowest BCUT2D eigenvalue weighted by atomic mass is 10.3. The Bertz CT molecular complexity index is 553. The molecule has 0 atom stereocenters. The summed E-state index contributed by atoms with van der Waals surface area (Å²) in [5.41, 5.74) is 0.895. The Hall–Kier alpha value is -2.37. The Kier molecular flexibility index (Phi) is 3.14. The average molecular weight is 257 g/mol. The number of hydrogen-bond donors (Lipinski definition) is 2. The van der Waals surface area contributed by atoms with Gasteiger partial charge in [-0.05, 0) is 37.1 Å². The molecule has 0 spiro atoms. The maximum atomic E-state index is 5.11. The van der Waals surface area contributed by atoms with Crippen molar-refractivity contribution in [3.05, 3.63) is 30.5 Å². The number of anilines is 3. The summed E-state index contributed by atoms with van der Waals surface area (Å²) in [5.74, 6) is 2.05. The van der Waals surface area contributed by atoms with Crippen LogP contribution in [0.1, 0.15) is 12.8 Å². The zero-order valence-corrected chi connectivity index (χ0v) is 10.6. The zero-order chi connectivity index (χ0) is 13.1. The second kappa shape index (κ2) is 5.09. The van der Waals surface area contributed by atoms with Crippen molar-refractivity contribution in [2.45, 2.75) is 18.9 Å². The number of nitrogens with zero attached hydrogens (tertiary/aromatic N) is 3. The monoisotopic (exact) mass is 257 g/mol. The normalized spacial score (nSPS) is 13.9. The van der Waals surface area contributed by atoms with Crippen LogP contribution in [0.2, 0.25) is 0 Å². The van der Waals surface area contributed by atoms with Crippen LogP contribution in [0.25, 0.3) is 0 Å². The van der Waals surface area contributed by atoms with Crippen molar-refractivity contribution >= 4 is 17.5 Å². The standard InChI is InChI=1S/C13H15N5O/c1-19-11-6-4-10(5-7-11)16-13-17-12(8-14-18-13)15-9-2-3-9/h4-9H,2-3H2,1H3,(H2,15,16,17,18). The lowest BCUT2D eigenvalue weighted by molar-refractivity contribution is 0.415. The van der Waals surface area contributed by atoms with Gasteiger partial charge < -0.3 is 15.4 Å². The second-order valence-corrected chi connectivity index (χ2v) is 4.44. The van der Waals surface area contributed by atoms with Crippen molar-refractivity contribution < 1.29 is 4.74 Å². The number of ether oxygens (including phenoxy) is 1. The molecule has 0 bridgehead atoms. The molecule has 0 amide bonds. The van der Waals surface area contributed by atoms with Crippen LogP contribution < -0.4 is 15.4 Å². The first-order chi connectivity index (χ1) is 9.33. The van der Waals surface area contributed by atoms with E-state index in [9.17, 15) is 0 Å². The highest BCUT2D eigenvalue weighted by Gasteiger charge is 2.21. The summed E-state index contributed by atoms with van der Waals surface area (Å²) in [4.78, 5) is 4.36. The minimum atomic E-state index is 0.482. The molecular weight excluding hydrogens is 242 g/mol. The van der Waals surface area contributed by atoms with Gasteiger partial charge in [-0.15, -0.1) is 5.10 Å². The number of nitrogens with one attached hydrogen (secondary N) is 2. The number of methoxy groups -OCH3 is 1. The number of rotatable bonds is 5. The van der Waals surface area contributed by atoms with Gasteiger partial charge in [0.1, 0.15) is 5.75 Å². The topological polar surface area (TPSA) is 72.0 Å². The summed E-state index contributed by atoms with van der Waals surface area (Å²) in [5, 5.41) is 14.3. The average Bonchev–Trinajstić information content (AvgIpc) is 3.24. The Balaban J connectivity index is 1.70. The van der Waals surface area contributed by atoms with E-state index in [1.54, 1.807) is 13.3 Å². The molecule has 19 heavy (non-hydrogen) atoms. The third-order valence-corrected chi connectivity index (χ3v) is 2.83. The molecule has 1 aromatic heterocycles. The highest BCUT2D eigenvalue weighted by atomic mass is 16.5. The van der Waals surface area contributed by atoms with Crippen molar-refractivity contribution in [2.75, 3.05) is 17.7 Å². The Morgan fingerprint density at radius 3 is 2.68 bits per heavy atom. The van der Waals surface area contributed by atoms with Crippen LogP contribution in [0, 0.1) is 0 Å². The summed E-state index contributed by atoms with van der Waals surface area (Å²) < 4.78 is 5.11. The van der Waals surface area contributed by atoms with Crippen LogP contribution >= 0.6 is 0 Å². The number of aromatic nitrogens is 3. The van der Waals surface area contributed by atoms with E-state index in [-0.39, 0.29) is 0 Å². The molecule has 0 radical (unpaired) electrons. The molecule has 6 nitrogen and oxygen atoms in total. The molecule has 2 aromatic rings. The van der Waals surface area contributed by atoms with Gasteiger partial charge in [0.15, 0.2) is 5.82 Å². The van der Waals surface area contributed by atoms with E-state index in [0.29, 0.717) is 12.0 Å². The van der Waals surface area contributed by atoms with Gasteiger partial charge in [-0.2, -0.15) is 10.1 Å². The van der Waals surface area contributed by atoms with Crippen LogP contribution in [0.3, 0.4) is 0 Å². The Labute approximate surface area is 111 Å². The molecule has 1 aliphatic rings. The fourth-order valence-corrected chi connectivity index (χ4v) is 1.67. The van der Waals surface area contributed by atoms with Crippen LogP contribution in [0.5, 0.6) is 5.75 Å². The van der Waals surface area contributed by atoms with Crippen LogP contribution in [-0.2, 0) is 0 Å². The van der Waals surface area contributed by atoms with Gasteiger partial charge in [-0.3, -0.25) is 0 Å². The van der Waals surface area contributed by atoms with Gasteiger partial charge >= 0.3 is 0 Å². The van der Waals surface area contributed by atoms with Gasteiger partial charge in [0.05, 0.1) is 13.3 Å². The first kappa shape index (κ1) is 11.7. The van der Waals surface area contributed by atoms with E-state index in [4.69, 9.17) is 4.74 Å². The molecule has 1 heterocycles. The van der Waals surface area contributed by atoms with Gasteiger partial charge in [0, 0.05) is 11.7 Å². The summed E-state index contributed by atoms with van der Waals surface area (Å²) >= 11 is 0. The van der Waals surface area contributed by atoms with Gasteiger partial charge in [0.2, 0.25) is 5.95 Å². The number of benzene rings is 1. The maximum absolute atomic E-state index is 5.11. The van der Waals surface area contributed by atoms with E-state index in [1.807, 2.05) is 24.3 Å². The highest BCUT2D eigenvalue weighted by molar-refractivity contribution is 5.55. The molecule has 6 heteroatoms. The van der Waals surface area contributed by atoms with Gasteiger partial charge in [-0.25, -0.2) is 0 Å². The molecule has 2 N–H and O–H groups in total. The van der Waals surface area contributed by atoms with Gasteiger partial charge in [-0.1, -0.05) is 0 Å². The molecule has 1 saturated carbocycles. The Morgan fingerprint density at radius 2 is 2.00 bits per heavy atom. The molecular formula is C13H15N5O. The fourth-order valence-electron chi connectivity index (χ4n) is 1.67. The lowest BCUT2D eigenvalue weighted by Gasteiger charge is -2.07. The highest BCUT2D eigenvalue weighted by Crippen LogP contribution is 2.24. The van der Waals surface area contributed by atoms with E-state index < -0.39 is 0 Å². The predicted molar refractivity (Wildman–Crippen MR) is 72.7 cm³/mol. The first-order valence-electron chi connectivity index (χ1n) is 6.21. The predicted octanol–water partition coefficient (Wildman–Crippen LogP) is 2.20. The van der Waals surface area contributed by atoms with Crippen LogP contribution in [0.15, 0.2) is 30.5 Å². The minimum Gasteiger partial charge on any atom is -0.497 e. The van der Waals surface area contributed by atoms with Gasteiger partial charge in [0.25, 0.3) is 0 Å². The van der Waals surface area contributed by atoms with Crippen molar-refractivity contribution in [1.29, 1.82) is 0 Å². The van der Waals surface area contributed by atoms with Crippen LogP contribution in [0.4, 0.5) is 17.5 Å². The first-order valence-corrected chi connectivity index (χ1v) is 6.21. The second-order valence-electron chi connectivity index (χ2n) is 4.44. The minimum absolute atomic E-state index is 0.482. The molecule has 1 aromatic carbocycles. The molecule has 0 saturated heterocycles. The third kappa shape index (κ3) is 3.09. The largest absolute Gasteiger partial charge is 0.497 e. The summed E-state index contributed by atoms with van der Waals surface area (Å²) in [6, 6.07) is 8.11. The fraction of sp³-hybridized carbons (Fsp3) is 0.308. The van der Waals surface area contributed by atoms with E-state index in [2.05, 4.69) is 25.8 Å². The van der Waals surface area contributed by atoms with E-state index >= 15 is 0 Å². The molecule has 3 rings (SSSR count). The summed E-state index contributed by atoms with van der Waals surface area (Å²) in [6.45, 7) is 0. The molecule has 98 valence electrons. The third-order valence-electron chi connectivity index (χ3n) is 2.83. The van der Waals surface area contributed by atoms with Crippen molar-refractivity contribution in [2.24, 2.45) is 0 Å². The number of hydrogen-bond acceptors (Lipinski definition) is 6. The van der Waals surface area contributed by atoms with Crippen molar-refractivity contribution in [3.8, 4) is 5.75 Å². The maximum Gasteiger partial charge on any atom is 0.249 e. The SMILES string of the molecule is COc1ccc(Nc2nncc(NC3CC3)n2)cc1. The van der Waals surface area contributed by atoms with Crippen LogP contribution in [-0.4, -0.2) is 28.3 Å². The van der Waals surface area contributed by atoms with E-state index in [0.717, 1.165) is 17.3 Å². The summed E-state index contributed by atoms with van der Waals surface area (Å²) in [6.07, 6.45) is 4.04. The van der Waals surface area contributed by atoms with E-state index in [1.165, 1.54) is 12.8 Å². The quantitative estimate of drug-likeness (QED) is 0.855.